The molecule has 1 N–H and O–H groups in total. The van der Waals surface area contributed by atoms with Crippen LogP contribution in [0.4, 0.5) is 0 Å². The number of rotatable bonds is 18. The minimum Gasteiger partial charge on any atom is -0.480 e. The molecule has 3 aliphatic rings. The summed E-state index contributed by atoms with van der Waals surface area (Å²) in [5.41, 5.74) is 1.29. The van der Waals surface area contributed by atoms with E-state index in [2.05, 4.69) is 26.0 Å². The first-order chi connectivity index (χ1) is 22.9. The Hall–Kier alpha value is -2.36. The lowest BCUT2D eigenvalue weighted by Gasteiger charge is -2.46. The van der Waals surface area contributed by atoms with Crippen LogP contribution in [0, 0.1) is 11.8 Å². The Labute approximate surface area is 289 Å². The summed E-state index contributed by atoms with van der Waals surface area (Å²) in [5, 5.41) is 9.63. The van der Waals surface area contributed by atoms with Gasteiger partial charge in [0.2, 0.25) is 0 Å². The largest absolute Gasteiger partial charge is 0.480 e. The van der Waals surface area contributed by atoms with E-state index < -0.39 is 29.3 Å². The first-order valence-electron chi connectivity index (χ1n) is 18.6. The highest BCUT2D eigenvalue weighted by Gasteiger charge is 2.52. The van der Waals surface area contributed by atoms with Gasteiger partial charge in [-0.15, -0.1) is 0 Å². The third kappa shape index (κ3) is 11.6. The van der Waals surface area contributed by atoms with Gasteiger partial charge in [-0.3, -0.25) is 14.4 Å². The zero-order valence-corrected chi connectivity index (χ0v) is 30.6. The maximum absolute atomic E-state index is 13.6. The first kappa shape index (κ1) is 40.1. The molecular weight excluding hydrogens is 610 g/mol. The fraction of sp³-hybridized carbons (Fsp3) is 0.795. The standard InChI is InChI=1S/C39H63NO8/c1-27(21-22-31(41)17-9-7-15-28(2)24-30-16-13-18-32(26-30)46-5)14-8-10-20-34-35(47-6)25-29(3)39(4,48-34)36(42)37(43)40-23-12-11-19-33(40)38(44)45/h21,24,29-30,32-35H,7-20,22-23,25-26H2,1-6H3,(H,44,45). The Morgan fingerprint density at radius 3 is 2.31 bits per heavy atom. The number of ketones is 2. The second-order valence-electron chi connectivity index (χ2n) is 14.9. The number of unbranched alkanes of at least 4 members (excludes halogenated alkanes) is 2. The molecule has 3 rings (SSSR count). The lowest BCUT2D eigenvalue weighted by atomic mass is 9.77. The minimum absolute atomic E-state index is 0.193. The number of hydrogen-bond donors (Lipinski definition) is 1. The Kier molecular flexibility index (Phi) is 16.5. The summed E-state index contributed by atoms with van der Waals surface area (Å²) in [6.45, 7) is 8.12. The molecule has 0 aromatic carbocycles. The van der Waals surface area contributed by atoms with E-state index >= 15 is 0 Å². The van der Waals surface area contributed by atoms with E-state index in [-0.39, 0.29) is 30.5 Å². The SMILES string of the molecule is COC1CCCC(C=C(C)CCCCC(=O)CC=C(C)CCCCC2OC(C)(C(=O)C(=O)N3CCCCC3C(=O)O)C(C)CC2OC)C1. The number of amides is 1. The smallest absolute Gasteiger partial charge is 0.326 e. The number of Topliss-reactive ketones (excluding diaryl/α,β-unsaturated/α-hetero) is 2. The Morgan fingerprint density at radius 1 is 0.896 bits per heavy atom. The monoisotopic (exact) mass is 673 g/mol. The zero-order chi connectivity index (χ0) is 35.3. The third-order valence-corrected chi connectivity index (χ3v) is 11.1. The number of carbonyl (C=O) groups excluding carboxylic acids is 3. The molecule has 0 spiro atoms. The van der Waals surface area contributed by atoms with Crippen LogP contribution in [0.15, 0.2) is 23.3 Å². The lowest BCUT2D eigenvalue weighted by molar-refractivity contribution is -0.206. The van der Waals surface area contributed by atoms with Crippen LogP contribution in [0.25, 0.3) is 0 Å². The second-order valence-corrected chi connectivity index (χ2v) is 14.9. The fourth-order valence-corrected chi connectivity index (χ4v) is 7.78. The second kappa shape index (κ2) is 19.7. The number of aliphatic carboxylic acids is 1. The zero-order valence-electron chi connectivity index (χ0n) is 30.6. The maximum Gasteiger partial charge on any atom is 0.326 e. The molecule has 2 saturated heterocycles. The van der Waals surface area contributed by atoms with Crippen LogP contribution in [-0.4, -0.2) is 84.2 Å². The van der Waals surface area contributed by atoms with Gasteiger partial charge in [0.1, 0.15) is 17.4 Å². The van der Waals surface area contributed by atoms with E-state index in [1.807, 2.05) is 14.0 Å². The van der Waals surface area contributed by atoms with E-state index in [1.54, 1.807) is 14.0 Å². The molecule has 1 aliphatic carbocycles. The summed E-state index contributed by atoms with van der Waals surface area (Å²) in [6.07, 6.45) is 18.9. The highest BCUT2D eigenvalue weighted by molar-refractivity contribution is 6.39. The van der Waals surface area contributed by atoms with Crippen LogP contribution < -0.4 is 0 Å². The number of allylic oxidation sites excluding steroid dienone is 4. The van der Waals surface area contributed by atoms with Crippen molar-refractivity contribution in [2.24, 2.45) is 11.8 Å². The molecular formula is C39H63NO8. The fourth-order valence-electron chi connectivity index (χ4n) is 7.78. The van der Waals surface area contributed by atoms with Crippen molar-refractivity contribution in [2.45, 2.75) is 167 Å². The van der Waals surface area contributed by atoms with E-state index in [0.717, 1.165) is 51.4 Å². The van der Waals surface area contributed by atoms with Crippen molar-refractivity contribution in [3.05, 3.63) is 23.3 Å². The van der Waals surface area contributed by atoms with Gasteiger partial charge in [-0.2, -0.15) is 0 Å². The normalized spacial score (nSPS) is 30.2. The van der Waals surface area contributed by atoms with Crippen LogP contribution in [-0.2, 0) is 33.4 Å². The number of methoxy groups -OCH3 is 2. The average Bonchev–Trinajstić information content (AvgIpc) is 3.08. The first-order valence-corrected chi connectivity index (χ1v) is 18.6. The third-order valence-electron chi connectivity index (χ3n) is 11.1. The van der Waals surface area contributed by atoms with Gasteiger partial charge in [0.05, 0.1) is 18.3 Å². The number of likely N-dealkylation sites (tertiary alicyclic amines) is 1. The molecule has 0 radical (unpaired) electrons. The van der Waals surface area contributed by atoms with Crippen LogP contribution in [0.1, 0.15) is 137 Å². The number of ether oxygens (including phenoxy) is 3. The lowest BCUT2D eigenvalue weighted by Crippen LogP contribution is -2.61. The van der Waals surface area contributed by atoms with Gasteiger partial charge < -0.3 is 24.2 Å². The topological polar surface area (TPSA) is 119 Å². The molecule has 9 nitrogen and oxygen atoms in total. The highest BCUT2D eigenvalue weighted by atomic mass is 16.6. The van der Waals surface area contributed by atoms with Gasteiger partial charge in [0.15, 0.2) is 0 Å². The maximum atomic E-state index is 13.6. The summed E-state index contributed by atoms with van der Waals surface area (Å²) in [4.78, 5) is 52.5. The van der Waals surface area contributed by atoms with Gasteiger partial charge in [0.25, 0.3) is 11.7 Å². The molecule has 2 aliphatic heterocycles. The number of piperidine rings is 1. The highest BCUT2D eigenvalue weighted by Crippen LogP contribution is 2.38. The molecule has 1 amide bonds. The molecule has 0 aromatic heterocycles. The average molecular weight is 674 g/mol. The molecule has 1 saturated carbocycles. The Morgan fingerprint density at radius 2 is 1.60 bits per heavy atom. The van der Waals surface area contributed by atoms with Crippen molar-refractivity contribution in [1.29, 1.82) is 0 Å². The van der Waals surface area contributed by atoms with E-state index in [0.29, 0.717) is 50.5 Å². The number of nitrogens with zero attached hydrogens (tertiary/aromatic N) is 1. The molecule has 272 valence electrons. The van der Waals surface area contributed by atoms with Gasteiger partial charge in [-0.25, -0.2) is 4.79 Å². The Balaban J connectivity index is 1.39. The van der Waals surface area contributed by atoms with Gasteiger partial charge in [-0.1, -0.05) is 43.1 Å². The predicted molar refractivity (Wildman–Crippen MR) is 187 cm³/mol. The van der Waals surface area contributed by atoms with Crippen LogP contribution in [0.3, 0.4) is 0 Å². The molecule has 0 aromatic rings. The van der Waals surface area contributed by atoms with Crippen molar-refractivity contribution >= 4 is 23.4 Å². The van der Waals surface area contributed by atoms with Crippen molar-refractivity contribution in [1.82, 2.24) is 4.90 Å². The number of hydrogen-bond acceptors (Lipinski definition) is 7. The minimum atomic E-state index is -1.34. The van der Waals surface area contributed by atoms with Gasteiger partial charge in [0, 0.05) is 33.6 Å². The van der Waals surface area contributed by atoms with Crippen molar-refractivity contribution in [2.75, 3.05) is 20.8 Å². The van der Waals surface area contributed by atoms with Crippen molar-refractivity contribution in [3.63, 3.8) is 0 Å². The number of carboxylic acid groups (broad SMARTS) is 1. The molecule has 48 heavy (non-hydrogen) atoms. The van der Waals surface area contributed by atoms with E-state index in [1.165, 1.54) is 35.3 Å². The molecule has 3 fully saturated rings. The molecule has 9 heteroatoms. The summed E-state index contributed by atoms with van der Waals surface area (Å²) in [6, 6.07) is -0.973. The quantitative estimate of drug-likeness (QED) is 0.0909. The summed E-state index contributed by atoms with van der Waals surface area (Å²) in [5.74, 6) is -1.86. The Bertz CT molecular complexity index is 1150. The van der Waals surface area contributed by atoms with Gasteiger partial charge in [-0.05, 0) is 116 Å². The number of carbonyl (C=O) groups is 4. The summed E-state index contributed by atoms with van der Waals surface area (Å²) < 4.78 is 17.7. The number of carboxylic acids is 1. The predicted octanol–water partition coefficient (Wildman–Crippen LogP) is 7.40. The molecule has 2 heterocycles. The summed E-state index contributed by atoms with van der Waals surface area (Å²) >= 11 is 0. The van der Waals surface area contributed by atoms with Gasteiger partial charge >= 0.3 is 5.97 Å². The summed E-state index contributed by atoms with van der Waals surface area (Å²) in [7, 11) is 3.46. The van der Waals surface area contributed by atoms with E-state index in [9.17, 15) is 24.3 Å². The van der Waals surface area contributed by atoms with Crippen LogP contribution >= 0.6 is 0 Å². The molecule has 0 bridgehead atoms. The molecule has 7 atom stereocenters. The van der Waals surface area contributed by atoms with E-state index in [4.69, 9.17) is 14.2 Å². The van der Waals surface area contributed by atoms with Crippen molar-refractivity contribution in [3.8, 4) is 0 Å². The van der Waals surface area contributed by atoms with Crippen molar-refractivity contribution < 1.29 is 38.5 Å². The van der Waals surface area contributed by atoms with Crippen LogP contribution in [0.5, 0.6) is 0 Å². The van der Waals surface area contributed by atoms with Crippen LogP contribution in [0.2, 0.25) is 0 Å². The molecule has 7 unspecified atom stereocenters.